The normalized spacial score (nSPS) is 11.2. The highest BCUT2D eigenvalue weighted by molar-refractivity contribution is 8.00. The summed E-state index contributed by atoms with van der Waals surface area (Å²) in [7, 11) is 1.61. The van der Waals surface area contributed by atoms with Gasteiger partial charge in [-0.3, -0.25) is 4.79 Å². The number of thioether (sulfide) groups is 1. The van der Waals surface area contributed by atoms with Crippen molar-refractivity contribution in [2.75, 3.05) is 23.1 Å². The number of nitriles is 1. The van der Waals surface area contributed by atoms with Crippen molar-refractivity contribution in [1.82, 2.24) is 0 Å². The maximum absolute atomic E-state index is 13.8. The molecule has 0 aliphatic rings. The minimum atomic E-state index is -0.563. The Morgan fingerprint density at radius 3 is 2.42 bits per heavy atom. The van der Waals surface area contributed by atoms with Crippen LogP contribution in [0.5, 0.6) is 5.75 Å². The Labute approximate surface area is 264 Å². The van der Waals surface area contributed by atoms with Crippen LogP contribution < -0.4 is 20.7 Å². The highest BCUT2D eigenvalue weighted by Gasteiger charge is 2.25. The third-order valence-corrected chi connectivity index (χ3v) is 8.89. The fraction of sp³-hybridized carbons (Fsp3) is 0.0882. The predicted octanol–water partition coefficient (Wildman–Crippen LogP) is 8.88. The number of para-hydroxylation sites is 2. The van der Waals surface area contributed by atoms with Gasteiger partial charge in [-0.05, 0) is 60.6 Å². The van der Waals surface area contributed by atoms with Crippen LogP contribution in [-0.2, 0) is 4.79 Å². The summed E-state index contributed by atoms with van der Waals surface area (Å²) in [6, 6.07) is 35.2. The lowest BCUT2D eigenvalue weighted by Gasteiger charge is -2.18. The van der Waals surface area contributed by atoms with Gasteiger partial charge < -0.3 is 20.7 Å². The number of anilines is 3. The first-order valence-electron chi connectivity index (χ1n) is 13.4. The summed E-state index contributed by atoms with van der Waals surface area (Å²) in [5.74, 6) is 0.473. The summed E-state index contributed by atoms with van der Waals surface area (Å²) >= 11 is 8.32. The van der Waals surface area contributed by atoms with Gasteiger partial charge in [0.25, 0.3) is 0 Å². The maximum Gasteiger partial charge on any atom is 0.243 e. The van der Waals surface area contributed by atoms with E-state index in [4.69, 9.17) is 17.0 Å². The molecule has 0 spiro atoms. The molecule has 1 amide bonds. The van der Waals surface area contributed by atoms with Gasteiger partial charge in [-0.2, -0.15) is 5.26 Å². The molecule has 0 radical (unpaired) electrons. The predicted molar refractivity (Wildman–Crippen MR) is 182 cm³/mol. The van der Waals surface area contributed by atoms with Crippen molar-refractivity contribution in [3.05, 3.63) is 125 Å². The third-order valence-electron chi connectivity index (χ3n) is 6.54. The molecule has 0 aliphatic carbocycles. The second-order valence-corrected chi connectivity index (χ2v) is 12.0. The van der Waals surface area contributed by atoms with Crippen LogP contribution in [0.4, 0.5) is 16.4 Å². The number of benzene rings is 4. The van der Waals surface area contributed by atoms with Crippen LogP contribution >= 0.6 is 35.3 Å². The van der Waals surface area contributed by atoms with Crippen molar-refractivity contribution in [1.29, 1.82) is 5.26 Å². The van der Waals surface area contributed by atoms with E-state index in [-0.39, 0.29) is 5.91 Å². The number of carbonyl (C=O) groups is 1. The van der Waals surface area contributed by atoms with Gasteiger partial charge in [-0.1, -0.05) is 78.4 Å². The number of aryl methyl sites for hydroxylation is 1. The van der Waals surface area contributed by atoms with E-state index in [1.165, 1.54) is 23.1 Å². The van der Waals surface area contributed by atoms with Crippen molar-refractivity contribution in [3.63, 3.8) is 0 Å². The van der Waals surface area contributed by atoms with E-state index in [1.807, 2.05) is 115 Å². The molecule has 0 saturated heterocycles. The Hall–Kier alpha value is -4.62. The summed E-state index contributed by atoms with van der Waals surface area (Å²) < 4.78 is 5.40. The SMILES string of the molecule is COc1ccccc1NC(=S)Nc1cccc(SC(C(=O)Nc2scc(-c3ccc(C)cc3)c2C#N)c2ccccc2)c1. The summed E-state index contributed by atoms with van der Waals surface area (Å²) in [6.07, 6.45) is 0. The molecule has 1 atom stereocenters. The molecule has 1 unspecified atom stereocenters. The lowest BCUT2D eigenvalue weighted by molar-refractivity contribution is -0.115. The fourth-order valence-corrected chi connectivity index (χ4v) is 6.63. The highest BCUT2D eigenvalue weighted by atomic mass is 32.2. The lowest BCUT2D eigenvalue weighted by Crippen LogP contribution is -2.20. The standard InChI is InChI=1S/C34H28N4O2S3/c1-22-15-17-23(18-16-22)28-21-42-33(27(28)20-35)38-32(39)31(24-9-4-3-5-10-24)43-26-12-8-11-25(19-26)36-34(41)37-29-13-6-7-14-30(29)40-2/h3-19,21,31H,1-2H3,(H,38,39)(H2,36,37,41). The topological polar surface area (TPSA) is 86.2 Å². The van der Waals surface area contributed by atoms with E-state index in [0.29, 0.717) is 21.4 Å². The molecule has 1 heterocycles. The quantitative estimate of drug-likeness (QED) is 0.112. The second-order valence-electron chi connectivity index (χ2n) is 9.54. The average molecular weight is 621 g/mol. The zero-order valence-electron chi connectivity index (χ0n) is 23.5. The Balaban J connectivity index is 1.35. The van der Waals surface area contributed by atoms with Crippen molar-refractivity contribution >= 4 is 62.7 Å². The minimum absolute atomic E-state index is 0.211. The monoisotopic (exact) mass is 620 g/mol. The molecule has 9 heteroatoms. The molecule has 0 aliphatic heterocycles. The van der Waals surface area contributed by atoms with Crippen molar-refractivity contribution in [2.45, 2.75) is 17.1 Å². The summed E-state index contributed by atoms with van der Waals surface area (Å²) in [4.78, 5) is 14.7. The van der Waals surface area contributed by atoms with Crippen molar-refractivity contribution in [2.24, 2.45) is 0 Å². The molecule has 6 nitrogen and oxygen atoms in total. The zero-order valence-corrected chi connectivity index (χ0v) is 25.9. The zero-order chi connectivity index (χ0) is 30.2. The molecule has 3 N–H and O–H groups in total. The Morgan fingerprint density at radius 1 is 0.930 bits per heavy atom. The number of thiophene rings is 1. The number of nitrogens with one attached hydrogen (secondary N) is 3. The van der Waals surface area contributed by atoms with Crippen LogP contribution in [0.25, 0.3) is 11.1 Å². The van der Waals surface area contributed by atoms with Crippen LogP contribution in [-0.4, -0.2) is 18.1 Å². The molecule has 5 rings (SSSR count). The van der Waals surface area contributed by atoms with Crippen LogP contribution in [0.2, 0.25) is 0 Å². The Morgan fingerprint density at radius 2 is 1.67 bits per heavy atom. The number of methoxy groups -OCH3 is 1. The number of nitrogens with zero attached hydrogens (tertiary/aromatic N) is 1. The second kappa shape index (κ2) is 14.0. The van der Waals surface area contributed by atoms with Gasteiger partial charge in [0.05, 0.1) is 18.4 Å². The first-order chi connectivity index (χ1) is 20.9. The molecule has 0 bridgehead atoms. The molecule has 5 aromatic rings. The fourth-order valence-electron chi connectivity index (χ4n) is 4.40. The van der Waals surface area contributed by atoms with Gasteiger partial charge in [-0.25, -0.2) is 0 Å². The number of hydrogen-bond acceptors (Lipinski definition) is 6. The van der Waals surface area contributed by atoms with Gasteiger partial charge in [0.2, 0.25) is 5.91 Å². The van der Waals surface area contributed by atoms with Crippen molar-refractivity contribution < 1.29 is 9.53 Å². The average Bonchev–Trinajstić information content (AvgIpc) is 3.43. The molecular weight excluding hydrogens is 593 g/mol. The van der Waals surface area contributed by atoms with Gasteiger partial charge in [0, 0.05) is 21.5 Å². The molecule has 1 aromatic heterocycles. The number of ether oxygens (including phenoxy) is 1. The smallest absolute Gasteiger partial charge is 0.243 e. The van der Waals surface area contributed by atoms with E-state index in [1.54, 1.807) is 7.11 Å². The van der Waals surface area contributed by atoms with Crippen molar-refractivity contribution in [3.8, 4) is 22.9 Å². The Kier molecular flexibility index (Phi) is 9.74. The number of amides is 1. The van der Waals surface area contributed by atoms with Gasteiger partial charge in [-0.15, -0.1) is 23.1 Å². The maximum atomic E-state index is 13.8. The summed E-state index contributed by atoms with van der Waals surface area (Å²) in [6.45, 7) is 2.02. The minimum Gasteiger partial charge on any atom is -0.495 e. The lowest BCUT2D eigenvalue weighted by atomic mass is 10.0. The summed E-state index contributed by atoms with van der Waals surface area (Å²) in [5.41, 5.74) is 5.73. The first kappa shape index (κ1) is 29.9. The molecule has 214 valence electrons. The molecule has 4 aromatic carbocycles. The number of carbonyl (C=O) groups excluding carboxylic acids is 1. The molecule has 0 saturated carbocycles. The van der Waals surface area contributed by atoms with Gasteiger partial charge in [0.15, 0.2) is 5.11 Å². The highest BCUT2D eigenvalue weighted by Crippen LogP contribution is 2.40. The largest absolute Gasteiger partial charge is 0.495 e. The van der Waals surface area contributed by atoms with Crippen LogP contribution in [0.15, 0.2) is 113 Å². The Bertz CT molecular complexity index is 1780. The number of hydrogen-bond donors (Lipinski definition) is 3. The van der Waals surface area contributed by atoms with Crippen LogP contribution in [0, 0.1) is 18.3 Å². The van der Waals surface area contributed by atoms with E-state index < -0.39 is 5.25 Å². The third kappa shape index (κ3) is 7.43. The summed E-state index contributed by atoms with van der Waals surface area (Å²) in [5, 5.41) is 21.7. The molecule has 43 heavy (non-hydrogen) atoms. The van der Waals surface area contributed by atoms with E-state index >= 15 is 0 Å². The first-order valence-corrected chi connectivity index (χ1v) is 15.5. The van der Waals surface area contributed by atoms with Gasteiger partial charge >= 0.3 is 0 Å². The van der Waals surface area contributed by atoms with Crippen LogP contribution in [0.1, 0.15) is 21.9 Å². The van der Waals surface area contributed by atoms with Crippen LogP contribution in [0.3, 0.4) is 0 Å². The van der Waals surface area contributed by atoms with Gasteiger partial charge in [0.1, 0.15) is 22.1 Å². The van der Waals surface area contributed by atoms with E-state index in [0.717, 1.165) is 38.5 Å². The number of rotatable bonds is 9. The van der Waals surface area contributed by atoms with E-state index in [2.05, 4.69) is 22.0 Å². The molecular formula is C34H28N4O2S3. The number of thiocarbonyl (C=S) groups is 1. The molecule has 0 fully saturated rings. The van der Waals surface area contributed by atoms with E-state index in [9.17, 15) is 10.1 Å².